The van der Waals surface area contributed by atoms with Crippen molar-refractivity contribution in [1.29, 1.82) is 0 Å². The van der Waals surface area contributed by atoms with Crippen molar-refractivity contribution < 1.29 is 15.0 Å². The van der Waals surface area contributed by atoms with Crippen LogP contribution in [-0.2, 0) is 5.75 Å². The predicted molar refractivity (Wildman–Crippen MR) is 56.5 cm³/mol. The summed E-state index contributed by atoms with van der Waals surface area (Å²) < 4.78 is 1.52. The van der Waals surface area contributed by atoms with E-state index < -0.39 is 5.97 Å². The number of imidazole rings is 1. The second-order valence-corrected chi connectivity index (χ2v) is 3.30. The third-order valence-electron chi connectivity index (χ3n) is 2.04. The van der Waals surface area contributed by atoms with Crippen molar-refractivity contribution in [2.75, 3.05) is 0 Å². The van der Waals surface area contributed by atoms with E-state index in [2.05, 4.69) is 17.6 Å². The summed E-state index contributed by atoms with van der Waals surface area (Å²) in [4.78, 5) is 14.8. The molecule has 0 bridgehead atoms. The van der Waals surface area contributed by atoms with Gasteiger partial charge in [0.1, 0.15) is 11.6 Å². The number of hydrogen-bond donors (Lipinski definition) is 3. The minimum absolute atomic E-state index is 0.0287. The van der Waals surface area contributed by atoms with E-state index in [-0.39, 0.29) is 11.4 Å². The lowest BCUT2D eigenvalue weighted by atomic mass is 10.3. The van der Waals surface area contributed by atoms with Gasteiger partial charge in [0.15, 0.2) is 5.69 Å². The van der Waals surface area contributed by atoms with Crippen LogP contribution in [0.25, 0.3) is 5.52 Å². The Balaban J connectivity index is 2.81. The Kier molecular flexibility index (Phi) is 2.28. The lowest BCUT2D eigenvalue weighted by molar-refractivity contribution is 0.0693. The molecule has 2 rings (SSSR count). The van der Waals surface area contributed by atoms with Crippen LogP contribution in [0.4, 0.5) is 0 Å². The van der Waals surface area contributed by atoms with Gasteiger partial charge in [-0.25, -0.2) is 9.78 Å². The average molecular weight is 224 g/mol. The summed E-state index contributed by atoms with van der Waals surface area (Å²) >= 11 is 4.04. The zero-order valence-electron chi connectivity index (χ0n) is 7.58. The van der Waals surface area contributed by atoms with Gasteiger partial charge in [0, 0.05) is 5.75 Å². The number of aromatic nitrogens is 2. The van der Waals surface area contributed by atoms with Crippen molar-refractivity contribution in [2.45, 2.75) is 5.75 Å². The first-order valence-corrected chi connectivity index (χ1v) is 4.81. The highest BCUT2D eigenvalue weighted by molar-refractivity contribution is 7.79. The van der Waals surface area contributed by atoms with Crippen LogP contribution < -0.4 is 0 Å². The molecule has 0 aliphatic carbocycles. The summed E-state index contributed by atoms with van der Waals surface area (Å²) in [6, 6.07) is 2.93. The normalized spacial score (nSPS) is 10.7. The standard InChI is InChI=1S/C9H8N2O3S/c12-5-1-2-6-8(9(13)14)10-7(4-15)11(6)3-5/h1-3,12,15H,4H2,(H,13,14). The first-order valence-electron chi connectivity index (χ1n) is 4.17. The number of aromatic carboxylic acids is 1. The molecule has 5 nitrogen and oxygen atoms in total. The molecule has 2 aromatic heterocycles. The van der Waals surface area contributed by atoms with Crippen molar-refractivity contribution >= 4 is 24.1 Å². The Labute approximate surface area is 90.4 Å². The molecule has 2 aromatic rings. The highest BCUT2D eigenvalue weighted by atomic mass is 32.1. The number of hydrogen-bond acceptors (Lipinski definition) is 4. The summed E-state index contributed by atoms with van der Waals surface area (Å²) in [5.74, 6) is -0.245. The van der Waals surface area contributed by atoms with Gasteiger partial charge in [0.25, 0.3) is 0 Å². The second-order valence-electron chi connectivity index (χ2n) is 2.98. The Morgan fingerprint density at radius 1 is 1.53 bits per heavy atom. The Bertz CT molecular complexity index is 535. The van der Waals surface area contributed by atoms with Crippen LogP contribution in [0.2, 0.25) is 0 Å². The molecule has 0 unspecified atom stereocenters. The van der Waals surface area contributed by atoms with Crippen molar-refractivity contribution in [3.05, 3.63) is 29.8 Å². The van der Waals surface area contributed by atoms with Crippen molar-refractivity contribution in [3.8, 4) is 5.75 Å². The molecule has 0 aromatic carbocycles. The fourth-order valence-corrected chi connectivity index (χ4v) is 1.63. The Hall–Kier alpha value is -1.69. The lowest BCUT2D eigenvalue weighted by Crippen LogP contribution is -1.97. The molecular formula is C9H8N2O3S. The number of carboxylic acid groups (broad SMARTS) is 1. The summed E-state index contributed by atoms with van der Waals surface area (Å²) in [5, 5.41) is 18.2. The van der Waals surface area contributed by atoms with Gasteiger partial charge in [-0.15, -0.1) is 0 Å². The molecule has 15 heavy (non-hydrogen) atoms. The van der Waals surface area contributed by atoms with Crippen LogP contribution in [0.5, 0.6) is 5.75 Å². The lowest BCUT2D eigenvalue weighted by Gasteiger charge is -1.98. The molecule has 0 saturated heterocycles. The average Bonchev–Trinajstić information content (AvgIpc) is 2.55. The molecule has 0 aliphatic heterocycles. The summed E-state index contributed by atoms with van der Waals surface area (Å²) in [7, 11) is 0. The van der Waals surface area contributed by atoms with Gasteiger partial charge in [0.2, 0.25) is 0 Å². The molecule has 0 spiro atoms. The molecule has 2 heterocycles. The molecular weight excluding hydrogens is 216 g/mol. The van der Waals surface area contributed by atoms with E-state index in [9.17, 15) is 9.90 Å². The maximum Gasteiger partial charge on any atom is 0.356 e. The third kappa shape index (κ3) is 1.52. The topological polar surface area (TPSA) is 74.8 Å². The highest BCUT2D eigenvalue weighted by Gasteiger charge is 2.15. The van der Waals surface area contributed by atoms with E-state index >= 15 is 0 Å². The van der Waals surface area contributed by atoms with E-state index in [1.165, 1.54) is 22.7 Å². The van der Waals surface area contributed by atoms with Crippen molar-refractivity contribution in [2.24, 2.45) is 0 Å². The number of pyridine rings is 1. The molecule has 2 N–H and O–H groups in total. The maximum atomic E-state index is 10.9. The number of carbonyl (C=O) groups is 1. The van der Waals surface area contributed by atoms with Crippen molar-refractivity contribution in [3.63, 3.8) is 0 Å². The number of rotatable bonds is 2. The maximum absolute atomic E-state index is 10.9. The van der Waals surface area contributed by atoms with E-state index in [4.69, 9.17) is 5.11 Å². The van der Waals surface area contributed by atoms with E-state index in [1.54, 1.807) is 0 Å². The van der Waals surface area contributed by atoms with E-state index in [0.29, 0.717) is 17.1 Å². The first-order chi connectivity index (χ1) is 7.13. The van der Waals surface area contributed by atoms with Crippen LogP contribution in [0.1, 0.15) is 16.3 Å². The van der Waals surface area contributed by atoms with Crippen LogP contribution in [0, 0.1) is 0 Å². The number of carboxylic acids is 1. The molecule has 0 amide bonds. The summed E-state index contributed by atoms with van der Waals surface area (Å²) in [6.07, 6.45) is 1.42. The molecule has 0 aliphatic rings. The van der Waals surface area contributed by atoms with Crippen LogP contribution >= 0.6 is 12.6 Å². The van der Waals surface area contributed by atoms with Crippen LogP contribution in [0.15, 0.2) is 18.3 Å². The van der Waals surface area contributed by atoms with Gasteiger partial charge >= 0.3 is 5.97 Å². The van der Waals surface area contributed by atoms with Gasteiger partial charge in [-0.3, -0.25) is 4.40 Å². The largest absolute Gasteiger partial charge is 0.506 e. The zero-order chi connectivity index (χ0) is 11.0. The fourth-order valence-electron chi connectivity index (χ4n) is 1.41. The smallest absolute Gasteiger partial charge is 0.356 e. The number of aromatic hydroxyl groups is 1. The minimum Gasteiger partial charge on any atom is -0.506 e. The molecule has 0 radical (unpaired) electrons. The molecule has 6 heteroatoms. The van der Waals surface area contributed by atoms with Gasteiger partial charge in [-0.1, -0.05) is 0 Å². The van der Waals surface area contributed by atoms with Crippen molar-refractivity contribution in [1.82, 2.24) is 9.38 Å². The van der Waals surface area contributed by atoms with E-state index in [1.807, 2.05) is 0 Å². The Morgan fingerprint density at radius 2 is 2.27 bits per heavy atom. The summed E-state index contributed by atoms with van der Waals surface area (Å²) in [5.41, 5.74) is 0.420. The second kappa shape index (κ2) is 3.47. The number of nitrogens with zero attached hydrogens (tertiary/aromatic N) is 2. The summed E-state index contributed by atoms with van der Waals surface area (Å²) in [6.45, 7) is 0. The fraction of sp³-hybridized carbons (Fsp3) is 0.111. The SMILES string of the molecule is O=C(O)c1nc(CS)n2cc(O)ccc12. The third-order valence-corrected chi connectivity index (χ3v) is 2.32. The first kappa shape index (κ1) is 9.85. The minimum atomic E-state index is -1.09. The van der Waals surface area contributed by atoms with Gasteiger partial charge < -0.3 is 10.2 Å². The molecule has 0 saturated carbocycles. The van der Waals surface area contributed by atoms with Gasteiger partial charge in [-0.2, -0.15) is 12.6 Å². The van der Waals surface area contributed by atoms with E-state index in [0.717, 1.165) is 0 Å². The predicted octanol–water partition coefficient (Wildman–Crippen LogP) is 1.17. The Morgan fingerprint density at radius 3 is 2.87 bits per heavy atom. The van der Waals surface area contributed by atoms with Gasteiger partial charge in [0.05, 0.1) is 11.7 Å². The van der Waals surface area contributed by atoms with Crippen LogP contribution in [0.3, 0.4) is 0 Å². The quantitative estimate of drug-likeness (QED) is 0.669. The highest BCUT2D eigenvalue weighted by Crippen LogP contribution is 2.18. The zero-order valence-corrected chi connectivity index (χ0v) is 8.48. The molecule has 78 valence electrons. The number of fused-ring (bicyclic) bond motifs is 1. The molecule has 0 fully saturated rings. The van der Waals surface area contributed by atoms with Gasteiger partial charge in [-0.05, 0) is 12.1 Å². The monoisotopic (exact) mass is 224 g/mol. The number of thiol groups is 1. The van der Waals surface area contributed by atoms with Crippen LogP contribution in [-0.4, -0.2) is 25.6 Å². The molecule has 0 atom stereocenters.